The summed E-state index contributed by atoms with van der Waals surface area (Å²) >= 11 is 0. The van der Waals surface area contributed by atoms with Crippen LogP contribution in [0.4, 0.5) is 0 Å². The number of rotatable bonds is 8. The number of methoxy groups -OCH3 is 1. The molecule has 5 heteroatoms. The van der Waals surface area contributed by atoms with Crippen LogP contribution in [0.2, 0.25) is 0 Å². The van der Waals surface area contributed by atoms with Crippen molar-refractivity contribution in [2.24, 2.45) is 0 Å². The van der Waals surface area contributed by atoms with Crippen molar-refractivity contribution in [1.82, 2.24) is 0 Å². The van der Waals surface area contributed by atoms with Gasteiger partial charge in [0.25, 0.3) is 0 Å². The number of carbonyl (C=O) groups is 1. The molecule has 2 fully saturated rings. The van der Waals surface area contributed by atoms with Gasteiger partial charge in [0.05, 0.1) is 5.56 Å². The van der Waals surface area contributed by atoms with Crippen LogP contribution in [0.25, 0.3) is 0 Å². The fourth-order valence-corrected chi connectivity index (χ4v) is 2.66. The Bertz CT molecular complexity index is 718. The topological polar surface area (TPSA) is 55.8 Å². The Labute approximate surface area is 198 Å². The summed E-state index contributed by atoms with van der Waals surface area (Å²) < 4.78 is 10.4. The third-order valence-electron chi connectivity index (χ3n) is 4.22. The van der Waals surface area contributed by atoms with Crippen LogP contribution in [0.15, 0.2) is 35.9 Å². The summed E-state index contributed by atoms with van der Waals surface area (Å²) in [4.78, 5) is 12.4. The van der Waals surface area contributed by atoms with Crippen molar-refractivity contribution in [3.8, 4) is 11.5 Å². The summed E-state index contributed by atoms with van der Waals surface area (Å²) in [5.74, 6) is 1.14. The first kappa shape index (κ1) is 27.5. The Kier molecular flexibility index (Phi) is 13.6. The van der Waals surface area contributed by atoms with Crippen molar-refractivity contribution >= 4 is 5.78 Å². The zero-order valence-corrected chi connectivity index (χ0v) is 19.1. The SMILES string of the molecule is COCOc1ccc(C(=O)/C=C/[C]2[CH][CH][CH][CH]2)c(O)c1CC=C(C)C.[CH]1[CH][CH][CH][CH]1.[Fe+2]. The van der Waals surface area contributed by atoms with Gasteiger partial charge in [0.2, 0.25) is 0 Å². The summed E-state index contributed by atoms with van der Waals surface area (Å²) in [7, 11) is 1.53. The maximum absolute atomic E-state index is 12.4. The molecule has 10 radical (unpaired) electrons. The Hall–Kier alpha value is -1.55. The van der Waals surface area contributed by atoms with Gasteiger partial charge in [0.15, 0.2) is 12.6 Å². The molecule has 0 saturated heterocycles. The molecule has 0 amide bonds. The van der Waals surface area contributed by atoms with Gasteiger partial charge in [-0.2, -0.15) is 0 Å². The van der Waals surface area contributed by atoms with E-state index in [0.29, 0.717) is 17.7 Å². The molecule has 3 rings (SSSR count). The van der Waals surface area contributed by atoms with Crippen LogP contribution >= 0.6 is 0 Å². The Morgan fingerprint density at radius 1 is 1.00 bits per heavy atom. The van der Waals surface area contributed by atoms with Gasteiger partial charge < -0.3 is 14.6 Å². The van der Waals surface area contributed by atoms with Crippen molar-refractivity contribution in [3.05, 3.63) is 111 Å². The second-order valence-electron chi connectivity index (χ2n) is 6.85. The fourth-order valence-electron chi connectivity index (χ4n) is 2.66. The third kappa shape index (κ3) is 9.63. The van der Waals surface area contributed by atoms with E-state index < -0.39 is 0 Å². The van der Waals surface area contributed by atoms with Crippen molar-refractivity contribution in [1.29, 1.82) is 0 Å². The molecule has 0 spiro atoms. The number of aromatic hydroxyl groups is 1. The van der Waals surface area contributed by atoms with E-state index in [1.165, 1.54) is 13.2 Å². The number of phenolic OH excluding ortho intramolecular Hbond substituents is 1. The molecule has 1 N–H and O–H groups in total. The Morgan fingerprint density at radius 3 is 2.16 bits per heavy atom. The van der Waals surface area contributed by atoms with Crippen LogP contribution in [-0.2, 0) is 28.2 Å². The molecule has 2 aliphatic carbocycles. The number of hydrogen-bond donors (Lipinski definition) is 1. The molecule has 0 heterocycles. The van der Waals surface area contributed by atoms with Crippen LogP contribution in [0, 0.1) is 63.7 Å². The van der Waals surface area contributed by atoms with Crippen LogP contribution in [0.1, 0.15) is 29.8 Å². The van der Waals surface area contributed by atoms with Gasteiger partial charge >= 0.3 is 17.1 Å². The summed E-state index contributed by atoms with van der Waals surface area (Å²) in [6, 6.07) is 3.26. The number of carbonyl (C=O) groups excluding carboxylic acids is 1. The second kappa shape index (κ2) is 15.3. The molecule has 0 unspecified atom stereocenters. The number of ketones is 1. The summed E-state index contributed by atoms with van der Waals surface area (Å²) in [6.45, 7) is 4.03. The molecule has 1 aromatic carbocycles. The molecule has 2 saturated carbocycles. The number of allylic oxidation sites excluding steroid dienone is 4. The van der Waals surface area contributed by atoms with E-state index in [-0.39, 0.29) is 41.0 Å². The van der Waals surface area contributed by atoms with E-state index in [2.05, 4.69) is 0 Å². The zero-order valence-electron chi connectivity index (χ0n) is 18.0. The summed E-state index contributed by atoms with van der Waals surface area (Å²) in [5, 5.41) is 10.6. The Balaban J connectivity index is 0.000000701. The molecule has 0 aliphatic heterocycles. The quantitative estimate of drug-likeness (QED) is 0.194. The van der Waals surface area contributed by atoms with E-state index in [1.807, 2.05) is 77.7 Å². The maximum Gasteiger partial charge on any atom is 2.00 e. The first-order chi connectivity index (χ1) is 14.5. The van der Waals surface area contributed by atoms with Gasteiger partial charge in [-0.3, -0.25) is 4.79 Å². The van der Waals surface area contributed by atoms with Crippen molar-refractivity contribution in [2.75, 3.05) is 13.9 Å². The molecule has 31 heavy (non-hydrogen) atoms. The molecule has 2 aliphatic rings. The van der Waals surface area contributed by atoms with E-state index in [0.717, 1.165) is 11.5 Å². The smallest absolute Gasteiger partial charge is 0.507 e. The van der Waals surface area contributed by atoms with Crippen LogP contribution in [0.5, 0.6) is 11.5 Å². The molecular formula is C26H28FeO4+2. The van der Waals surface area contributed by atoms with Crippen molar-refractivity contribution in [3.63, 3.8) is 0 Å². The average molecular weight is 460 g/mol. The van der Waals surface area contributed by atoms with Crippen molar-refractivity contribution < 1.29 is 36.4 Å². The number of ether oxygens (including phenoxy) is 2. The molecule has 1 aromatic rings. The van der Waals surface area contributed by atoms with Gasteiger partial charge in [-0.1, -0.05) is 17.7 Å². The normalized spacial score (nSPS) is 15.8. The van der Waals surface area contributed by atoms with Crippen molar-refractivity contribution in [2.45, 2.75) is 20.3 Å². The van der Waals surface area contributed by atoms with Gasteiger partial charge in [-0.15, -0.1) is 0 Å². The molecule has 162 valence electrons. The number of benzene rings is 1. The largest absolute Gasteiger partial charge is 2.00 e. The summed E-state index contributed by atoms with van der Waals surface area (Å²) in [6.07, 6.45) is 23.3. The monoisotopic (exact) mass is 460 g/mol. The van der Waals surface area contributed by atoms with Crippen LogP contribution in [0.3, 0.4) is 0 Å². The van der Waals surface area contributed by atoms with E-state index in [1.54, 1.807) is 18.2 Å². The fraction of sp³-hybridized carbons (Fsp3) is 0.192. The minimum atomic E-state index is -0.254. The molecule has 0 atom stereocenters. The minimum Gasteiger partial charge on any atom is -0.507 e. The third-order valence-corrected chi connectivity index (χ3v) is 4.22. The predicted molar refractivity (Wildman–Crippen MR) is 119 cm³/mol. The first-order valence-corrected chi connectivity index (χ1v) is 9.73. The molecule has 0 aromatic heterocycles. The summed E-state index contributed by atoms with van der Waals surface area (Å²) in [5.41, 5.74) is 1.94. The van der Waals surface area contributed by atoms with Gasteiger partial charge in [-0.05, 0) is 96.3 Å². The maximum atomic E-state index is 12.4. The molecule has 4 nitrogen and oxygen atoms in total. The zero-order chi connectivity index (χ0) is 21.8. The van der Waals surface area contributed by atoms with Gasteiger partial charge in [0, 0.05) is 18.6 Å². The average Bonchev–Trinajstić information content (AvgIpc) is 3.46. The number of phenols is 1. The van der Waals surface area contributed by atoms with Gasteiger partial charge in [0.1, 0.15) is 11.5 Å². The second-order valence-corrected chi connectivity index (χ2v) is 6.85. The standard InChI is InChI=1S/C21H23O4.C5H5.Fe/c1-15(2)8-10-18-20(25-14-24-3)13-11-17(21(18)23)19(22)12-9-16-6-4-5-7-16;1-2-4-5-3-1;/h4-9,11-13,23H,10,14H2,1-3H3;1-5H;/q;;+2/b12-9+;;. The van der Waals surface area contributed by atoms with Crippen LogP contribution in [-0.4, -0.2) is 24.8 Å². The van der Waals surface area contributed by atoms with E-state index in [9.17, 15) is 9.90 Å². The molecular weight excluding hydrogens is 432 g/mol. The van der Waals surface area contributed by atoms with Crippen LogP contribution < -0.4 is 4.74 Å². The van der Waals surface area contributed by atoms with Gasteiger partial charge in [-0.25, -0.2) is 0 Å². The number of hydrogen-bond acceptors (Lipinski definition) is 4. The molecule has 0 bridgehead atoms. The first-order valence-electron chi connectivity index (χ1n) is 9.73. The van der Waals surface area contributed by atoms with E-state index in [4.69, 9.17) is 9.47 Å². The van der Waals surface area contributed by atoms with E-state index >= 15 is 0 Å². The Morgan fingerprint density at radius 2 is 1.61 bits per heavy atom. The minimum absolute atomic E-state index is 0. The predicted octanol–water partition coefficient (Wildman–Crippen LogP) is 5.05.